The molecule has 2 rings (SSSR count). The third kappa shape index (κ3) is 2.22. The fraction of sp³-hybridized carbons (Fsp3) is 0.333. The summed E-state index contributed by atoms with van der Waals surface area (Å²) in [4.78, 5) is 22.5. The largest absolute Gasteiger partial charge is 0.481 e. The Morgan fingerprint density at radius 1 is 1.47 bits per heavy atom. The first-order valence-electron chi connectivity index (χ1n) is 5.37. The van der Waals surface area contributed by atoms with Crippen LogP contribution in [0.4, 0.5) is 5.69 Å². The molecule has 5 nitrogen and oxygen atoms in total. The number of hydrogen-bond donors (Lipinski definition) is 2. The van der Waals surface area contributed by atoms with E-state index in [4.69, 9.17) is 5.11 Å². The van der Waals surface area contributed by atoms with Gasteiger partial charge in [0.25, 0.3) is 0 Å². The number of carbonyl (C=O) groups is 2. The molecule has 0 spiro atoms. The molecular formula is C12H14N2O3. The van der Waals surface area contributed by atoms with Crippen LogP contribution >= 0.6 is 0 Å². The maximum Gasteiger partial charge on any atom is 0.304 e. The summed E-state index contributed by atoms with van der Waals surface area (Å²) in [6.07, 6.45) is -0.165. The van der Waals surface area contributed by atoms with Crippen molar-refractivity contribution < 1.29 is 14.7 Å². The summed E-state index contributed by atoms with van der Waals surface area (Å²) in [7, 11) is 0. The SMILES string of the molecule is CC1(CC(=O)O)CN(c2ccccc2)NC1=O. The molecule has 1 heterocycles. The monoisotopic (exact) mass is 234 g/mol. The van der Waals surface area contributed by atoms with Crippen molar-refractivity contribution in [3.05, 3.63) is 30.3 Å². The average Bonchev–Trinajstić information content (AvgIpc) is 2.55. The van der Waals surface area contributed by atoms with Crippen LogP contribution < -0.4 is 10.4 Å². The van der Waals surface area contributed by atoms with Gasteiger partial charge in [-0.3, -0.25) is 20.0 Å². The predicted molar refractivity (Wildman–Crippen MR) is 62.3 cm³/mol. The minimum absolute atomic E-state index is 0.165. The topological polar surface area (TPSA) is 69.6 Å². The van der Waals surface area contributed by atoms with Gasteiger partial charge in [-0.25, -0.2) is 0 Å². The molecule has 90 valence electrons. The van der Waals surface area contributed by atoms with Gasteiger partial charge in [0.2, 0.25) is 5.91 Å². The Morgan fingerprint density at radius 2 is 2.12 bits per heavy atom. The Hall–Kier alpha value is -2.04. The summed E-state index contributed by atoms with van der Waals surface area (Å²) >= 11 is 0. The van der Waals surface area contributed by atoms with Crippen LogP contribution in [0.1, 0.15) is 13.3 Å². The zero-order chi connectivity index (χ0) is 12.5. The minimum atomic E-state index is -0.961. The second-order valence-corrected chi connectivity index (χ2v) is 4.49. The molecule has 1 unspecified atom stereocenters. The second kappa shape index (κ2) is 4.08. The molecule has 1 aliphatic heterocycles. The highest BCUT2D eigenvalue weighted by Gasteiger charge is 2.43. The lowest BCUT2D eigenvalue weighted by Gasteiger charge is -2.19. The van der Waals surface area contributed by atoms with E-state index in [2.05, 4.69) is 5.43 Å². The van der Waals surface area contributed by atoms with Gasteiger partial charge in [0.05, 0.1) is 24.1 Å². The number of nitrogens with one attached hydrogen (secondary N) is 1. The van der Waals surface area contributed by atoms with E-state index in [1.165, 1.54) is 0 Å². The normalized spacial score (nSPS) is 23.6. The summed E-state index contributed by atoms with van der Waals surface area (Å²) in [5.41, 5.74) is 2.68. The quantitative estimate of drug-likeness (QED) is 0.819. The van der Waals surface area contributed by atoms with E-state index in [-0.39, 0.29) is 12.3 Å². The van der Waals surface area contributed by atoms with Crippen molar-refractivity contribution in [3.8, 4) is 0 Å². The minimum Gasteiger partial charge on any atom is -0.481 e. The van der Waals surface area contributed by atoms with Crippen molar-refractivity contribution in [1.82, 2.24) is 5.43 Å². The molecule has 0 aliphatic carbocycles. The number of carboxylic acid groups (broad SMARTS) is 1. The molecule has 1 saturated heterocycles. The van der Waals surface area contributed by atoms with Gasteiger partial charge in [0.15, 0.2) is 0 Å². The molecule has 1 aliphatic rings. The van der Waals surface area contributed by atoms with Crippen LogP contribution in [0.2, 0.25) is 0 Å². The van der Waals surface area contributed by atoms with Crippen molar-refractivity contribution in [2.75, 3.05) is 11.6 Å². The fourth-order valence-corrected chi connectivity index (χ4v) is 1.95. The average molecular weight is 234 g/mol. The number of carboxylic acids is 1. The Kier molecular flexibility index (Phi) is 2.75. The molecule has 2 N–H and O–H groups in total. The Morgan fingerprint density at radius 3 is 2.71 bits per heavy atom. The fourth-order valence-electron chi connectivity index (χ4n) is 1.95. The van der Waals surface area contributed by atoms with E-state index in [0.29, 0.717) is 6.54 Å². The van der Waals surface area contributed by atoms with Gasteiger partial charge < -0.3 is 5.11 Å². The Bertz CT molecular complexity index is 446. The number of amides is 1. The highest BCUT2D eigenvalue weighted by molar-refractivity contribution is 5.90. The molecule has 1 aromatic carbocycles. The van der Waals surface area contributed by atoms with E-state index in [0.717, 1.165) is 5.69 Å². The lowest BCUT2D eigenvalue weighted by atomic mass is 9.87. The van der Waals surface area contributed by atoms with Gasteiger partial charge in [-0.2, -0.15) is 0 Å². The standard InChI is InChI=1S/C12H14N2O3/c1-12(7-10(15)16)8-14(13-11(12)17)9-5-3-2-4-6-9/h2-6H,7-8H2,1H3,(H,13,17)(H,15,16). The van der Waals surface area contributed by atoms with Gasteiger partial charge in [-0.1, -0.05) is 18.2 Å². The summed E-state index contributed by atoms with van der Waals surface area (Å²) in [5.74, 6) is -1.21. The maximum atomic E-state index is 11.8. The first-order valence-corrected chi connectivity index (χ1v) is 5.37. The number of anilines is 1. The van der Waals surface area contributed by atoms with Crippen LogP contribution in [0.5, 0.6) is 0 Å². The van der Waals surface area contributed by atoms with Crippen molar-refractivity contribution >= 4 is 17.6 Å². The molecule has 0 radical (unpaired) electrons. The smallest absolute Gasteiger partial charge is 0.304 e. The number of para-hydroxylation sites is 1. The third-order valence-electron chi connectivity index (χ3n) is 2.90. The maximum absolute atomic E-state index is 11.8. The van der Waals surface area contributed by atoms with Crippen LogP contribution in [0, 0.1) is 5.41 Å². The summed E-state index contributed by atoms with van der Waals surface area (Å²) in [6.45, 7) is 2.03. The lowest BCUT2D eigenvalue weighted by Crippen LogP contribution is -2.33. The highest BCUT2D eigenvalue weighted by atomic mass is 16.4. The summed E-state index contributed by atoms with van der Waals surface area (Å²) in [6, 6.07) is 9.36. The first kappa shape index (κ1) is 11.4. The van der Waals surface area contributed by atoms with Crippen LogP contribution in [0.15, 0.2) is 30.3 Å². The van der Waals surface area contributed by atoms with Gasteiger partial charge in [-0.15, -0.1) is 0 Å². The van der Waals surface area contributed by atoms with Crippen molar-refractivity contribution in [1.29, 1.82) is 0 Å². The van der Waals surface area contributed by atoms with Gasteiger partial charge >= 0.3 is 5.97 Å². The molecule has 0 bridgehead atoms. The first-order chi connectivity index (χ1) is 8.01. The Balaban J connectivity index is 2.17. The molecule has 1 atom stereocenters. The second-order valence-electron chi connectivity index (χ2n) is 4.49. The number of rotatable bonds is 3. The van der Waals surface area contributed by atoms with E-state index >= 15 is 0 Å². The highest BCUT2D eigenvalue weighted by Crippen LogP contribution is 2.30. The molecular weight excluding hydrogens is 220 g/mol. The molecule has 0 aromatic heterocycles. The zero-order valence-corrected chi connectivity index (χ0v) is 9.51. The van der Waals surface area contributed by atoms with E-state index in [1.807, 2.05) is 30.3 Å². The zero-order valence-electron chi connectivity index (χ0n) is 9.51. The van der Waals surface area contributed by atoms with E-state index in [1.54, 1.807) is 11.9 Å². The van der Waals surface area contributed by atoms with Gasteiger partial charge in [0, 0.05) is 0 Å². The van der Waals surface area contributed by atoms with Crippen LogP contribution in [0.25, 0.3) is 0 Å². The molecule has 17 heavy (non-hydrogen) atoms. The number of nitrogens with zero attached hydrogens (tertiary/aromatic N) is 1. The lowest BCUT2D eigenvalue weighted by molar-refractivity contribution is -0.142. The van der Waals surface area contributed by atoms with Crippen LogP contribution in [-0.2, 0) is 9.59 Å². The summed E-state index contributed by atoms with van der Waals surface area (Å²) in [5, 5.41) is 10.5. The summed E-state index contributed by atoms with van der Waals surface area (Å²) < 4.78 is 0. The van der Waals surface area contributed by atoms with Gasteiger partial charge in [0.1, 0.15) is 0 Å². The van der Waals surface area contributed by atoms with E-state index in [9.17, 15) is 9.59 Å². The van der Waals surface area contributed by atoms with Gasteiger partial charge in [-0.05, 0) is 19.1 Å². The molecule has 0 saturated carbocycles. The number of hydrogen-bond acceptors (Lipinski definition) is 3. The number of carbonyl (C=O) groups excluding carboxylic acids is 1. The molecule has 1 amide bonds. The number of benzene rings is 1. The third-order valence-corrected chi connectivity index (χ3v) is 2.90. The Labute approximate surface area is 99.0 Å². The van der Waals surface area contributed by atoms with Crippen molar-refractivity contribution in [2.24, 2.45) is 5.41 Å². The molecule has 5 heteroatoms. The van der Waals surface area contributed by atoms with Crippen LogP contribution in [0.3, 0.4) is 0 Å². The van der Waals surface area contributed by atoms with E-state index < -0.39 is 11.4 Å². The van der Waals surface area contributed by atoms with Crippen molar-refractivity contribution in [3.63, 3.8) is 0 Å². The van der Waals surface area contributed by atoms with Crippen LogP contribution in [-0.4, -0.2) is 23.5 Å². The molecule has 1 fully saturated rings. The van der Waals surface area contributed by atoms with Crippen molar-refractivity contribution in [2.45, 2.75) is 13.3 Å². The number of aliphatic carboxylic acids is 1. The molecule has 1 aromatic rings. The number of hydrazine groups is 1. The predicted octanol–water partition coefficient (Wildman–Crippen LogP) is 1.02.